The number of anilines is 1. The minimum Gasteiger partial charge on any atom is -0.410 e. The van der Waals surface area contributed by atoms with Crippen molar-refractivity contribution in [3.05, 3.63) is 97.6 Å². The van der Waals surface area contributed by atoms with Gasteiger partial charge < -0.3 is 15.0 Å². The molecule has 0 atom stereocenters. The highest BCUT2D eigenvalue weighted by molar-refractivity contribution is 6.09. The van der Waals surface area contributed by atoms with Crippen molar-refractivity contribution in [1.29, 1.82) is 0 Å². The Bertz CT molecular complexity index is 1030. The van der Waals surface area contributed by atoms with Gasteiger partial charge in [0, 0.05) is 29.7 Å². The highest BCUT2D eigenvalue weighted by atomic mass is 16.6. The highest BCUT2D eigenvalue weighted by Gasteiger charge is 2.14. The molecule has 0 fully saturated rings. The van der Waals surface area contributed by atoms with Gasteiger partial charge in [0.1, 0.15) is 5.75 Å². The number of hydrogen-bond donors (Lipinski definition) is 1. The van der Waals surface area contributed by atoms with E-state index in [0.29, 0.717) is 24.4 Å². The summed E-state index contributed by atoms with van der Waals surface area (Å²) in [5, 5.41) is 4.96. The van der Waals surface area contributed by atoms with Crippen LogP contribution >= 0.6 is 0 Å². The van der Waals surface area contributed by atoms with E-state index in [1.807, 2.05) is 42.5 Å². The molecule has 146 valence electrons. The molecule has 0 radical (unpaired) electrons. The molecular formula is C24H22N2O3. The molecule has 0 aliphatic heterocycles. The van der Waals surface area contributed by atoms with E-state index in [1.165, 1.54) is 4.90 Å². The molecule has 1 N–H and O–H groups in total. The summed E-state index contributed by atoms with van der Waals surface area (Å²) in [6.07, 6.45) is 2.73. The van der Waals surface area contributed by atoms with Gasteiger partial charge in [-0.3, -0.25) is 4.79 Å². The van der Waals surface area contributed by atoms with E-state index in [9.17, 15) is 9.59 Å². The molecular weight excluding hydrogens is 364 g/mol. The summed E-state index contributed by atoms with van der Waals surface area (Å²) >= 11 is 0. The second kappa shape index (κ2) is 9.37. The van der Waals surface area contributed by atoms with Gasteiger partial charge in [-0.2, -0.15) is 0 Å². The van der Waals surface area contributed by atoms with E-state index in [1.54, 1.807) is 36.4 Å². The first kappa shape index (κ1) is 19.9. The number of hydrogen-bond acceptors (Lipinski definition) is 3. The van der Waals surface area contributed by atoms with Gasteiger partial charge in [-0.1, -0.05) is 48.6 Å². The number of ether oxygens (including phenoxy) is 1. The third-order valence-electron chi connectivity index (χ3n) is 4.32. The molecule has 0 heterocycles. The Morgan fingerprint density at radius 1 is 0.897 bits per heavy atom. The molecule has 0 spiro atoms. The lowest BCUT2D eigenvalue weighted by molar-refractivity contribution is 0.102. The lowest BCUT2D eigenvalue weighted by atomic mass is 10.1. The minimum atomic E-state index is -0.502. The number of amides is 2. The van der Waals surface area contributed by atoms with E-state index in [4.69, 9.17) is 4.74 Å². The van der Waals surface area contributed by atoms with E-state index in [0.717, 1.165) is 16.5 Å². The number of nitrogens with one attached hydrogen (secondary N) is 1. The normalized spacial score (nSPS) is 10.2. The number of rotatable bonds is 7. The molecule has 5 nitrogen and oxygen atoms in total. The lowest BCUT2D eigenvalue weighted by Gasteiger charge is -2.18. The van der Waals surface area contributed by atoms with Crippen molar-refractivity contribution < 1.29 is 14.3 Å². The molecule has 2 amide bonds. The van der Waals surface area contributed by atoms with Crippen LogP contribution in [0.5, 0.6) is 5.75 Å². The zero-order valence-corrected chi connectivity index (χ0v) is 16.0. The van der Waals surface area contributed by atoms with E-state index < -0.39 is 6.09 Å². The summed E-state index contributed by atoms with van der Waals surface area (Å²) in [5.74, 6) is 0.119. The maximum atomic E-state index is 12.6. The Balaban J connectivity index is 1.69. The van der Waals surface area contributed by atoms with Crippen LogP contribution in [-0.2, 0) is 0 Å². The van der Waals surface area contributed by atoms with Crippen molar-refractivity contribution in [2.24, 2.45) is 0 Å². The Morgan fingerprint density at radius 3 is 2.24 bits per heavy atom. The summed E-state index contributed by atoms with van der Waals surface area (Å²) in [5.41, 5.74) is 1.21. The quantitative estimate of drug-likeness (QED) is 0.563. The Morgan fingerprint density at radius 2 is 1.55 bits per heavy atom. The van der Waals surface area contributed by atoms with Crippen molar-refractivity contribution in [1.82, 2.24) is 4.90 Å². The van der Waals surface area contributed by atoms with Crippen molar-refractivity contribution in [3.63, 3.8) is 0 Å². The second-order valence-corrected chi connectivity index (χ2v) is 6.36. The number of fused-ring (bicyclic) bond motifs is 1. The Labute approximate surface area is 169 Å². The molecule has 3 aromatic carbocycles. The lowest BCUT2D eigenvalue weighted by Crippen LogP contribution is -2.33. The standard InChI is InChI=1S/C24H22N2O3/c1-3-16-26(17-4-2)24(28)29-20-14-12-19(13-15-20)23(27)25-22-11-7-9-18-8-5-6-10-21(18)22/h3-15H,1-2,16-17H2,(H,25,27). The molecule has 0 aliphatic rings. The van der Waals surface area contributed by atoms with Crippen LogP contribution in [0, 0.1) is 0 Å². The monoisotopic (exact) mass is 386 g/mol. The molecule has 3 aromatic rings. The highest BCUT2D eigenvalue weighted by Crippen LogP contribution is 2.24. The van der Waals surface area contributed by atoms with Crippen molar-refractivity contribution in [2.75, 3.05) is 18.4 Å². The zero-order valence-electron chi connectivity index (χ0n) is 16.0. The number of carbonyl (C=O) groups is 2. The van der Waals surface area contributed by atoms with Gasteiger partial charge in [-0.05, 0) is 35.7 Å². The third kappa shape index (κ3) is 4.90. The van der Waals surface area contributed by atoms with Gasteiger partial charge in [0.2, 0.25) is 0 Å². The average molecular weight is 386 g/mol. The summed E-state index contributed by atoms with van der Waals surface area (Å²) < 4.78 is 5.35. The van der Waals surface area contributed by atoms with Crippen molar-refractivity contribution in [2.45, 2.75) is 0 Å². The van der Waals surface area contributed by atoms with Crippen LogP contribution in [0.4, 0.5) is 10.5 Å². The minimum absolute atomic E-state index is 0.237. The fraction of sp³-hybridized carbons (Fsp3) is 0.0833. The predicted octanol–water partition coefficient (Wildman–Crippen LogP) is 5.26. The number of carbonyl (C=O) groups excluding carboxylic acids is 2. The van der Waals surface area contributed by atoms with Gasteiger partial charge in [-0.15, -0.1) is 13.2 Å². The van der Waals surface area contributed by atoms with Crippen LogP contribution in [0.3, 0.4) is 0 Å². The molecule has 3 rings (SSSR count). The topological polar surface area (TPSA) is 58.6 Å². The summed E-state index contributed by atoms with van der Waals surface area (Å²) in [6.45, 7) is 7.97. The molecule has 0 aliphatic carbocycles. The maximum absolute atomic E-state index is 12.6. The summed E-state index contributed by atoms with van der Waals surface area (Å²) in [6, 6.07) is 20.0. The Kier molecular flexibility index (Phi) is 6.43. The number of benzene rings is 3. The molecule has 0 unspecified atom stereocenters. The molecule has 0 aromatic heterocycles. The van der Waals surface area contributed by atoms with E-state index >= 15 is 0 Å². The first-order valence-corrected chi connectivity index (χ1v) is 9.20. The molecule has 0 saturated heterocycles. The number of nitrogens with zero attached hydrogens (tertiary/aromatic N) is 1. The molecule has 29 heavy (non-hydrogen) atoms. The van der Waals surface area contributed by atoms with Gasteiger partial charge in [0.15, 0.2) is 0 Å². The fourth-order valence-electron chi connectivity index (χ4n) is 2.90. The third-order valence-corrected chi connectivity index (χ3v) is 4.32. The largest absolute Gasteiger partial charge is 0.415 e. The van der Waals surface area contributed by atoms with Gasteiger partial charge in [0.05, 0.1) is 0 Å². The van der Waals surface area contributed by atoms with Crippen LogP contribution in [0.2, 0.25) is 0 Å². The molecule has 0 bridgehead atoms. The van der Waals surface area contributed by atoms with Gasteiger partial charge in [0.25, 0.3) is 5.91 Å². The predicted molar refractivity (Wildman–Crippen MR) is 116 cm³/mol. The first-order valence-electron chi connectivity index (χ1n) is 9.20. The van der Waals surface area contributed by atoms with Crippen molar-refractivity contribution >= 4 is 28.5 Å². The van der Waals surface area contributed by atoms with Crippen LogP contribution in [0.1, 0.15) is 10.4 Å². The van der Waals surface area contributed by atoms with Crippen LogP contribution in [0.25, 0.3) is 10.8 Å². The smallest absolute Gasteiger partial charge is 0.410 e. The maximum Gasteiger partial charge on any atom is 0.415 e. The van der Waals surface area contributed by atoms with Gasteiger partial charge in [-0.25, -0.2) is 4.79 Å². The SMILES string of the molecule is C=CCN(CC=C)C(=O)Oc1ccc(C(=O)Nc2cccc3ccccc23)cc1. The summed E-state index contributed by atoms with van der Waals surface area (Å²) in [4.78, 5) is 26.3. The second-order valence-electron chi connectivity index (χ2n) is 6.36. The first-order chi connectivity index (χ1) is 14.1. The Hall–Kier alpha value is -3.86. The zero-order chi connectivity index (χ0) is 20.6. The van der Waals surface area contributed by atoms with E-state index in [-0.39, 0.29) is 5.91 Å². The molecule has 5 heteroatoms. The fourth-order valence-corrected chi connectivity index (χ4v) is 2.90. The summed E-state index contributed by atoms with van der Waals surface area (Å²) in [7, 11) is 0. The van der Waals surface area contributed by atoms with Crippen LogP contribution in [0.15, 0.2) is 92.0 Å². The van der Waals surface area contributed by atoms with Crippen LogP contribution < -0.4 is 10.1 Å². The van der Waals surface area contributed by atoms with Gasteiger partial charge >= 0.3 is 6.09 Å². The molecule has 0 saturated carbocycles. The van der Waals surface area contributed by atoms with E-state index in [2.05, 4.69) is 18.5 Å². The van der Waals surface area contributed by atoms with Crippen LogP contribution in [-0.4, -0.2) is 30.0 Å². The average Bonchev–Trinajstić information content (AvgIpc) is 2.74. The van der Waals surface area contributed by atoms with Crippen molar-refractivity contribution in [3.8, 4) is 5.75 Å².